The molecule has 2 heterocycles. The van der Waals surface area contributed by atoms with Crippen LogP contribution in [0.3, 0.4) is 0 Å². The molecule has 3 atom stereocenters. The molecule has 2 N–H and O–H groups in total. The van der Waals surface area contributed by atoms with Crippen LogP contribution in [0, 0.1) is 18.8 Å². The van der Waals surface area contributed by atoms with Crippen LogP contribution in [0.25, 0.3) is 0 Å². The number of likely N-dealkylation sites (tertiary alicyclic amines) is 1. The Hall–Kier alpha value is -2.15. The van der Waals surface area contributed by atoms with Gasteiger partial charge in [0.1, 0.15) is 11.3 Å². The van der Waals surface area contributed by atoms with E-state index < -0.39 is 5.97 Å². The number of furan rings is 1. The Balaban J connectivity index is 1.69. The molecule has 1 unspecified atom stereocenters. The van der Waals surface area contributed by atoms with Crippen LogP contribution < -0.4 is 10.2 Å². The maximum Gasteiger partial charge on any atom is 0.344 e. The molecule has 1 aromatic rings. The summed E-state index contributed by atoms with van der Waals surface area (Å²) < 4.78 is 10.6. The van der Waals surface area contributed by atoms with Gasteiger partial charge in [0.15, 0.2) is 12.3 Å². The van der Waals surface area contributed by atoms with Crippen molar-refractivity contribution in [3.8, 4) is 0 Å². The van der Waals surface area contributed by atoms with Crippen LogP contribution in [0.5, 0.6) is 0 Å². The van der Waals surface area contributed by atoms with E-state index in [9.17, 15) is 14.4 Å². The SMILES string of the molecule is CCOC(=O)c1c(NC(=O)C[NH+]2CC[C@H]3CCCC[C@@H]3C2)oc(C)c1C(C)=O. The highest BCUT2D eigenvalue weighted by atomic mass is 16.5. The second-order valence-electron chi connectivity index (χ2n) is 8.04. The van der Waals surface area contributed by atoms with Crippen molar-refractivity contribution < 1.29 is 28.4 Å². The van der Waals surface area contributed by atoms with Crippen molar-refractivity contribution in [1.82, 2.24) is 0 Å². The summed E-state index contributed by atoms with van der Waals surface area (Å²) >= 11 is 0. The third-order valence-corrected chi connectivity index (χ3v) is 6.07. The van der Waals surface area contributed by atoms with Gasteiger partial charge in [0.25, 0.3) is 5.91 Å². The number of nitrogens with one attached hydrogen (secondary N) is 2. The van der Waals surface area contributed by atoms with Gasteiger partial charge in [0, 0.05) is 5.92 Å². The van der Waals surface area contributed by atoms with E-state index in [0.717, 1.165) is 24.9 Å². The molecule has 3 rings (SSSR count). The Bertz CT molecular complexity index is 754. The third-order valence-electron chi connectivity index (χ3n) is 6.07. The van der Waals surface area contributed by atoms with Gasteiger partial charge >= 0.3 is 5.97 Å². The molecule has 1 saturated carbocycles. The van der Waals surface area contributed by atoms with E-state index in [2.05, 4.69) is 5.32 Å². The smallest absolute Gasteiger partial charge is 0.344 e. The zero-order valence-corrected chi connectivity index (χ0v) is 17.1. The number of quaternary nitrogens is 1. The zero-order chi connectivity index (χ0) is 20.3. The zero-order valence-electron chi connectivity index (χ0n) is 17.1. The number of piperidine rings is 1. The van der Waals surface area contributed by atoms with Gasteiger partial charge in [-0.1, -0.05) is 12.8 Å². The molecule has 2 aliphatic rings. The van der Waals surface area contributed by atoms with Crippen LogP contribution in [0.15, 0.2) is 4.42 Å². The number of hydrogen-bond donors (Lipinski definition) is 2. The largest absolute Gasteiger partial charge is 0.462 e. The Morgan fingerprint density at radius 2 is 1.86 bits per heavy atom. The quantitative estimate of drug-likeness (QED) is 0.572. The average Bonchev–Trinajstić information content (AvgIpc) is 2.97. The highest BCUT2D eigenvalue weighted by molar-refractivity contribution is 6.10. The highest BCUT2D eigenvalue weighted by Crippen LogP contribution is 2.32. The van der Waals surface area contributed by atoms with Crippen molar-refractivity contribution in [2.24, 2.45) is 11.8 Å². The molecule has 28 heavy (non-hydrogen) atoms. The summed E-state index contributed by atoms with van der Waals surface area (Å²) in [7, 11) is 0. The minimum Gasteiger partial charge on any atom is -0.462 e. The number of rotatable bonds is 6. The number of fused-ring (bicyclic) bond motifs is 1. The molecule has 1 aromatic heterocycles. The fourth-order valence-electron chi connectivity index (χ4n) is 4.81. The number of carbonyl (C=O) groups excluding carboxylic acids is 3. The van der Waals surface area contributed by atoms with Gasteiger partial charge in [-0.3, -0.25) is 14.9 Å². The summed E-state index contributed by atoms with van der Waals surface area (Å²) in [4.78, 5) is 38.2. The van der Waals surface area contributed by atoms with Gasteiger partial charge in [0.05, 0.1) is 25.3 Å². The summed E-state index contributed by atoms with van der Waals surface area (Å²) in [6, 6.07) is 0. The summed E-state index contributed by atoms with van der Waals surface area (Å²) in [5.74, 6) is 0.695. The molecule has 154 valence electrons. The number of hydrogen-bond acceptors (Lipinski definition) is 5. The predicted molar refractivity (Wildman–Crippen MR) is 104 cm³/mol. The second-order valence-corrected chi connectivity index (χ2v) is 8.04. The Morgan fingerprint density at radius 3 is 2.54 bits per heavy atom. The first-order chi connectivity index (χ1) is 13.4. The van der Waals surface area contributed by atoms with Gasteiger partial charge < -0.3 is 14.1 Å². The van der Waals surface area contributed by atoms with E-state index in [0.29, 0.717) is 12.3 Å². The van der Waals surface area contributed by atoms with Crippen LogP contribution in [0.4, 0.5) is 5.88 Å². The number of amides is 1. The van der Waals surface area contributed by atoms with Crippen LogP contribution in [-0.4, -0.2) is 43.9 Å². The van der Waals surface area contributed by atoms with Crippen LogP contribution in [-0.2, 0) is 9.53 Å². The summed E-state index contributed by atoms with van der Waals surface area (Å²) in [5.41, 5.74) is 0.185. The normalized spacial score (nSPS) is 24.3. The third kappa shape index (κ3) is 4.46. The lowest BCUT2D eigenvalue weighted by molar-refractivity contribution is -0.902. The molecule has 1 aliphatic carbocycles. The number of ketones is 1. The summed E-state index contributed by atoms with van der Waals surface area (Å²) in [6.45, 7) is 7.19. The first-order valence-corrected chi connectivity index (χ1v) is 10.4. The molecule has 1 amide bonds. The average molecular weight is 391 g/mol. The molecule has 0 radical (unpaired) electrons. The molecule has 0 spiro atoms. The van der Waals surface area contributed by atoms with Gasteiger partial charge in [-0.15, -0.1) is 0 Å². The number of ether oxygens (including phenoxy) is 1. The fourth-order valence-corrected chi connectivity index (χ4v) is 4.81. The van der Waals surface area contributed by atoms with Gasteiger partial charge in [-0.25, -0.2) is 4.79 Å². The number of Topliss-reactive ketones (excluding diaryl/α,β-unsaturated/α-hetero) is 1. The van der Waals surface area contributed by atoms with Crippen LogP contribution >= 0.6 is 0 Å². The topological polar surface area (TPSA) is 90.0 Å². The molecule has 1 saturated heterocycles. The highest BCUT2D eigenvalue weighted by Gasteiger charge is 2.35. The molecular weight excluding hydrogens is 360 g/mol. The minimum atomic E-state index is -0.657. The minimum absolute atomic E-state index is 0.0121. The number of carbonyl (C=O) groups is 3. The maximum absolute atomic E-state index is 12.6. The number of anilines is 1. The van der Waals surface area contributed by atoms with Gasteiger partial charge in [-0.2, -0.15) is 0 Å². The molecule has 7 heteroatoms. The number of esters is 1. The van der Waals surface area contributed by atoms with Crippen LogP contribution in [0.2, 0.25) is 0 Å². The van der Waals surface area contributed by atoms with Gasteiger partial charge in [-0.05, 0) is 46.0 Å². The Kier molecular flexibility index (Phi) is 6.54. The molecule has 0 aromatic carbocycles. The van der Waals surface area contributed by atoms with Crippen molar-refractivity contribution in [2.45, 2.75) is 52.9 Å². The molecule has 7 nitrogen and oxygen atoms in total. The van der Waals surface area contributed by atoms with E-state index in [1.54, 1.807) is 13.8 Å². The fraction of sp³-hybridized carbons (Fsp3) is 0.667. The lowest BCUT2D eigenvalue weighted by atomic mass is 9.75. The lowest BCUT2D eigenvalue weighted by Crippen LogP contribution is -3.15. The van der Waals surface area contributed by atoms with E-state index in [1.165, 1.54) is 43.9 Å². The molecule has 0 bridgehead atoms. The summed E-state index contributed by atoms with van der Waals surface area (Å²) in [6.07, 6.45) is 6.40. The molecular formula is C21H31N2O5+. The summed E-state index contributed by atoms with van der Waals surface area (Å²) in [5, 5.41) is 2.71. The first kappa shape index (κ1) is 20.6. The maximum atomic E-state index is 12.6. The van der Waals surface area contributed by atoms with Crippen molar-refractivity contribution in [1.29, 1.82) is 0 Å². The van der Waals surface area contributed by atoms with Crippen molar-refractivity contribution >= 4 is 23.5 Å². The first-order valence-electron chi connectivity index (χ1n) is 10.4. The van der Waals surface area contributed by atoms with Crippen molar-refractivity contribution in [2.75, 3.05) is 31.6 Å². The molecule has 2 fully saturated rings. The van der Waals surface area contributed by atoms with Crippen LogP contribution in [0.1, 0.15) is 72.4 Å². The Morgan fingerprint density at radius 1 is 1.14 bits per heavy atom. The van der Waals surface area contributed by atoms with Crippen molar-refractivity contribution in [3.05, 3.63) is 16.9 Å². The lowest BCUT2D eigenvalue weighted by Gasteiger charge is -2.38. The predicted octanol–water partition coefficient (Wildman–Crippen LogP) is 2.00. The van der Waals surface area contributed by atoms with E-state index in [-0.39, 0.29) is 35.3 Å². The molecule has 1 aliphatic heterocycles. The second kappa shape index (κ2) is 8.90. The van der Waals surface area contributed by atoms with E-state index >= 15 is 0 Å². The monoisotopic (exact) mass is 391 g/mol. The van der Waals surface area contributed by atoms with Gasteiger partial charge in [0.2, 0.25) is 5.88 Å². The van der Waals surface area contributed by atoms with Crippen molar-refractivity contribution in [3.63, 3.8) is 0 Å². The van der Waals surface area contributed by atoms with E-state index in [1.807, 2.05) is 0 Å². The van der Waals surface area contributed by atoms with E-state index in [4.69, 9.17) is 9.15 Å². The number of aryl methyl sites for hydroxylation is 1. The Labute approximate surface area is 165 Å². The standard InChI is InChI=1S/C21H30N2O5/c1-4-27-21(26)19-18(13(2)24)14(3)28-20(19)22-17(25)12-23-10-9-15-7-5-6-8-16(15)11-23/h15-16H,4-12H2,1-3H3,(H,22,25)/p+1/t15-,16-/m1/s1.